The van der Waals surface area contributed by atoms with Crippen LogP contribution in [0.5, 0.6) is 5.88 Å². The van der Waals surface area contributed by atoms with Gasteiger partial charge in [0.05, 0.1) is 5.41 Å². The number of ether oxygens (including phenoxy) is 1. The SMILES string of the molecule is CC(C)(C)C(=O)Oc1cc2cc(C(C)(C)Cc3ccc(Cl)cc3)cnc2[nH]1. The third-order valence-electron chi connectivity index (χ3n) is 4.60. The van der Waals surface area contributed by atoms with Crippen molar-refractivity contribution in [3.63, 3.8) is 0 Å². The molecule has 2 aromatic heterocycles. The van der Waals surface area contributed by atoms with Crippen molar-refractivity contribution in [2.24, 2.45) is 5.41 Å². The van der Waals surface area contributed by atoms with Gasteiger partial charge in [-0.3, -0.25) is 4.79 Å². The molecule has 0 spiro atoms. The summed E-state index contributed by atoms with van der Waals surface area (Å²) in [4.78, 5) is 19.7. The molecule has 0 aliphatic carbocycles. The van der Waals surface area contributed by atoms with Crippen molar-refractivity contribution in [3.05, 3.63) is 58.7 Å². The topological polar surface area (TPSA) is 55.0 Å². The number of H-pyrrole nitrogens is 1. The zero-order chi connectivity index (χ0) is 19.8. The fraction of sp³-hybridized carbons (Fsp3) is 0.364. The maximum Gasteiger partial charge on any atom is 0.317 e. The molecule has 4 nitrogen and oxygen atoms in total. The van der Waals surface area contributed by atoms with Gasteiger partial charge in [0, 0.05) is 22.7 Å². The van der Waals surface area contributed by atoms with Crippen molar-refractivity contribution in [2.75, 3.05) is 0 Å². The summed E-state index contributed by atoms with van der Waals surface area (Å²) in [5, 5.41) is 1.66. The van der Waals surface area contributed by atoms with Crippen LogP contribution in [0.1, 0.15) is 45.7 Å². The van der Waals surface area contributed by atoms with E-state index >= 15 is 0 Å². The van der Waals surface area contributed by atoms with Crippen LogP contribution in [0.15, 0.2) is 42.6 Å². The van der Waals surface area contributed by atoms with Gasteiger partial charge in [0.2, 0.25) is 5.88 Å². The normalized spacial score (nSPS) is 12.4. The number of aromatic nitrogens is 2. The van der Waals surface area contributed by atoms with Crippen LogP contribution in [-0.4, -0.2) is 15.9 Å². The molecular weight excluding hydrogens is 360 g/mol. The van der Waals surface area contributed by atoms with E-state index in [-0.39, 0.29) is 11.4 Å². The molecule has 5 heteroatoms. The number of aromatic amines is 1. The molecule has 0 atom stereocenters. The monoisotopic (exact) mass is 384 g/mol. The molecule has 0 aliphatic heterocycles. The van der Waals surface area contributed by atoms with Crippen molar-refractivity contribution in [1.82, 2.24) is 9.97 Å². The molecule has 3 rings (SSSR count). The first-order valence-corrected chi connectivity index (χ1v) is 9.38. The molecule has 0 saturated heterocycles. The number of carbonyl (C=O) groups is 1. The minimum Gasteiger partial charge on any atom is -0.409 e. The van der Waals surface area contributed by atoms with Gasteiger partial charge in [-0.05, 0) is 61.9 Å². The quantitative estimate of drug-likeness (QED) is 0.588. The molecule has 0 bridgehead atoms. The Bertz CT molecular complexity index is 966. The standard InChI is InChI=1S/C22H25ClN2O2/c1-21(2,3)20(26)27-18-11-15-10-16(13-24-19(15)25-18)22(4,5)12-14-6-8-17(23)9-7-14/h6-11,13H,12H2,1-5H3,(H,24,25). The van der Waals surface area contributed by atoms with Crippen LogP contribution in [-0.2, 0) is 16.6 Å². The summed E-state index contributed by atoms with van der Waals surface area (Å²) >= 11 is 5.98. The second kappa shape index (κ2) is 7.01. The number of nitrogens with one attached hydrogen (secondary N) is 1. The van der Waals surface area contributed by atoms with Crippen LogP contribution in [0.2, 0.25) is 5.02 Å². The molecule has 3 aromatic rings. The van der Waals surface area contributed by atoms with Crippen LogP contribution in [0.4, 0.5) is 0 Å². The first-order chi connectivity index (χ1) is 12.5. The van der Waals surface area contributed by atoms with Gasteiger partial charge in [0.1, 0.15) is 5.65 Å². The fourth-order valence-electron chi connectivity index (χ4n) is 2.88. The molecule has 0 aliphatic rings. The molecule has 0 fully saturated rings. The van der Waals surface area contributed by atoms with Crippen LogP contribution in [0.25, 0.3) is 11.0 Å². The summed E-state index contributed by atoms with van der Waals surface area (Å²) in [6.07, 6.45) is 2.75. The number of rotatable bonds is 4. The largest absolute Gasteiger partial charge is 0.409 e. The van der Waals surface area contributed by atoms with Crippen LogP contribution < -0.4 is 4.74 Å². The number of carbonyl (C=O) groups excluding carboxylic acids is 1. The van der Waals surface area contributed by atoms with E-state index in [0.717, 1.165) is 22.4 Å². The summed E-state index contributed by atoms with van der Waals surface area (Å²) < 4.78 is 5.45. The number of halogens is 1. The van der Waals surface area contributed by atoms with Crippen molar-refractivity contribution >= 4 is 28.6 Å². The third kappa shape index (κ3) is 4.51. The van der Waals surface area contributed by atoms with Crippen LogP contribution in [0, 0.1) is 5.41 Å². The fourth-order valence-corrected chi connectivity index (χ4v) is 3.01. The Morgan fingerprint density at radius 1 is 1.11 bits per heavy atom. The first-order valence-electron chi connectivity index (χ1n) is 9.01. The zero-order valence-corrected chi connectivity index (χ0v) is 17.1. The van der Waals surface area contributed by atoms with E-state index in [1.165, 1.54) is 5.56 Å². The van der Waals surface area contributed by atoms with Crippen molar-refractivity contribution in [1.29, 1.82) is 0 Å². The lowest BCUT2D eigenvalue weighted by Gasteiger charge is -2.25. The maximum atomic E-state index is 12.1. The maximum absolute atomic E-state index is 12.1. The number of hydrogen-bond acceptors (Lipinski definition) is 3. The van der Waals surface area contributed by atoms with Crippen molar-refractivity contribution < 1.29 is 9.53 Å². The molecule has 0 amide bonds. The van der Waals surface area contributed by atoms with Crippen LogP contribution >= 0.6 is 11.6 Å². The van der Waals surface area contributed by atoms with Gasteiger partial charge >= 0.3 is 5.97 Å². The van der Waals surface area contributed by atoms with E-state index in [9.17, 15) is 4.79 Å². The lowest BCUT2D eigenvalue weighted by atomic mass is 9.80. The summed E-state index contributed by atoms with van der Waals surface area (Å²) in [5.74, 6) is 0.141. The number of hydrogen-bond donors (Lipinski definition) is 1. The molecule has 1 N–H and O–H groups in total. The van der Waals surface area contributed by atoms with E-state index in [0.29, 0.717) is 11.5 Å². The Morgan fingerprint density at radius 2 is 1.78 bits per heavy atom. The van der Waals surface area contributed by atoms with E-state index in [4.69, 9.17) is 16.3 Å². The number of esters is 1. The molecule has 1 aromatic carbocycles. The smallest absolute Gasteiger partial charge is 0.317 e. The van der Waals surface area contributed by atoms with Gasteiger partial charge in [0.15, 0.2) is 0 Å². The Labute approximate surface area is 164 Å². The predicted molar refractivity (Wildman–Crippen MR) is 109 cm³/mol. The average Bonchev–Trinajstić information content (AvgIpc) is 2.97. The highest BCUT2D eigenvalue weighted by molar-refractivity contribution is 6.30. The summed E-state index contributed by atoms with van der Waals surface area (Å²) in [5.41, 5.74) is 2.39. The van der Waals surface area contributed by atoms with E-state index in [2.05, 4.69) is 42.0 Å². The number of fused-ring (bicyclic) bond motifs is 1. The first kappa shape index (κ1) is 19.4. The van der Waals surface area contributed by atoms with E-state index in [1.54, 1.807) is 0 Å². The number of benzene rings is 1. The van der Waals surface area contributed by atoms with E-state index in [1.807, 2.05) is 45.2 Å². The molecule has 0 radical (unpaired) electrons. The molecule has 142 valence electrons. The Hall–Kier alpha value is -2.33. The zero-order valence-electron chi connectivity index (χ0n) is 16.4. The molecule has 0 saturated carbocycles. The van der Waals surface area contributed by atoms with E-state index < -0.39 is 5.41 Å². The summed E-state index contributed by atoms with van der Waals surface area (Å²) in [7, 11) is 0. The van der Waals surface area contributed by atoms with Gasteiger partial charge < -0.3 is 9.72 Å². The summed E-state index contributed by atoms with van der Waals surface area (Å²) in [6, 6.07) is 11.9. The summed E-state index contributed by atoms with van der Waals surface area (Å²) in [6.45, 7) is 9.87. The number of nitrogens with zero attached hydrogens (tertiary/aromatic N) is 1. The second-order valence-electron chi connectivity index (χ2n) is 8.62. The lowest BCUT2D eigenvalue weighted by molar-refractivity contribution is -0.143. The highest BCUT2D eigenvalue weighted by Crippen LogP contribution is 2.31. The Morgan fingerprint density at radius 3 is 2.41 bits per heavy atom. The second-order valence-corrected chi connectivity index (χ2v) is 9.06. The van der Waals surface area contributed by atoms with Crippen molar-refractivity contribution in [3.8, 4) is 5.88 Å². The Balaban J connectivity index is 1.84. The van der Waals surface area contributed by atoms with Gasteiger partial charge in [-0.1, -0.05) is 37.6 Å². The molecule has 2 heterocycles. The Kier molecular flexibility index (Phi) is 5.04. The van der Waals surface area contributed by atoms with Gasteiger partial charge in [-0.15, -0.1) is 0 Å². The number of pyridine rings is 1. The van der Waals surface area contributed by atoms with Crippen LogP contribution in [0.3, 0.4) is 0 Å². The lowest BCUT2D eigenvalue weighted by Crippen LogP contribution is -2.25. The van der Waals surface area contributed by atoms with Gasteiger partial charge in [-0.2, -0.15) is 0 Å². The predicted octanol–water partition coefficient (Wildman–Crippen LogP) is 5.69. The average molecular weight is 385 g/mol. The minimum atomic E-state index is -0.559. The highest BCUT2D eigenvalue weighted by atomic mass is 35.5. The third-order valence-corrected chi connectivity index (χ3v) is 4.85. The highest BCUT2D eigenvalue weighted by Gasteiger charge is 2.25. The van der Waals surface area contributed by atoms with Gasteiger partial charge in [-0.25, -0.2) is 4.98 Å². The molecule has 0 unspecified atom stereocenters. The molecule has 27 heavy (non-hydrogen) atoms. The minimum absolute atomic E-state index is 0.103. The molecular formula is C22H25ClN2O2. The van der Waals surface area contributed by atoms with Crippen molar-refractivity contribution in [2.45, 2.75) is 46.5 Å². The van der Waals surface area contributed by atoms with Gasteiger partial charge in [0.25, 0.3) is 0 Å².